The first kappa shape index (κ1) is 32.5. The van der Waals surface area contributed by atoms with E-state index in [1.54, 1.807) is 0 Å². The van der Waals surface area contributed by atoms with Gasteiger partial charge < -0.3 is 0 Å². The third-order valence-corrected chi connectivity index (χ3v) is 5.96. The zero-order valence-electron chi connectivity index (χ0n) is 20.4. The Bertz CT molecular complexity index is 1370. The van der Waals surface area contributed by atoms with E-state index in [-0.39, 0.29) is 76.9 Å². The summed E-state index contributed by atoms with van der Waals surface area (Å²) in [5.74, 6) is 0. The molecule has 0 saturated carbocycles. The molecule has 3 radical (unpaired) electrons. The number of fused-ring (bicyclic) bond motifs is 2. The van der Waals surface area contributed by atoms with E-state index in [9.17, 15) is 0 Å². The van der Waals surface area contributed by atoms with Gasteiger partial charge in [0.2, 0.25) is 0 Å². The number of rotatable bonds is 2. The van der Waals surface area contributed by atoms with Crippen LogP contribution in [0.5, 0.6) is 0 Å². The van der Waals surface area contributed by atoms with E-state index in [1.807, 2.05) is 0 Å². The molecule has 0 spiro atoms. The Kier molecular flexibility index (Phi) is 13.5. The monoisotopic (exact) mass is 687 g/mol. The molecule has 4 heteroatoms. The molecule has 6 aromatic carbocycles. The van der Waals surface area contributed by atoms with Crippen molar-refractivity contribution in [1.29, 1.82) is 0 Å². The molecule has 36 heavy (non-hydrogen) atoms. The summed E-state index contributed by atoms with van der Waals surface area (Å²) in [6, 6.07) is 43.1. The van der Waals surface area contributed by atoms with Gasteiger partial charge in [0, 0.05) is 25.8 Å². The van der Waals surface area contributed by atoms with E-state index >= 15 is 0 Å². The Hall–Kier alpha value is -1.57. The summed E-state index contributed by atoms with van der Waals surface area (Å²) >= 11 is 0. The van der Waals surface area contributed by atoms with Gasteiger partial charge in [-0.25, -0.2) is 0 Å². The third kappa shape index (κ3) is 7.26. The number of halogens is 2. The Morgan fingerprint density at radius 1 is 0.472 bits per heavy atom. The van der Waals surface area contributed by atoms with Crippen LogP contribution in [0.2, 0.25) is 0 Å². The fourth-order valence-electron chi connectivity index (χ4n) is 4.51. The van der Waals surface area contributed by atoms with Crippen molar-refractivity contribution in [2.45, 2.75) is 13.8 Å². The second-order valence-electron chi connectivity index (χ2n) is 8.41. The Morgan fingerprint density at radius 2 is 0.833 bits per heavy atom. The fraction of sp³-hybridized carbons (Fsp3) is 0.0625. The Labute approximate surface area is 264 Å². The van der Waals surface area contributed by atoms with Crippen LogP contribution in [0, 0.1) is 13.8 Å². The van der Waals surface area contributed by atoms with Crippen LogP contribution in [0.25, 0.3) is 43.8 Å². The van der Waals surface area contributed by atoms with E-state index in [1.165, 1.54) is 54.9 Å². The van der Waals surface area contributed by atoms with Crippen molar-refractivity contribution in [1.82, 2.24) is 0 Å². The van der Waals surface area contributed by atoms with E-state index < -0.39 is 0 Å². The Morgan fingerprint density at radius 3 is 1.19 bits per heavy atom. The van der Waals surface area contributed by atoms with E-state index in [0.717, 1.165) is 0 Å². The smallest absolute Gasteiger partial charge is 0.165 e. The molecule has 0 nitrogen and oxygen atoms in total. The van der Waals surface area contributed by atoms with E-state index in [4.69, 9.17) is 0 Å². The topological polar surface area (TPSA) is 0 Å². The van der Waals surface area contributed by atoms with Crippen molar-refractivity contribution >= 4 is 72.2 Å². The first-order valence-electron chi connectivity index (χ1n) is 11.1. The number of hydrogen-bond acceptors (Lipinski definition) is 0. The normalized spacial score (nSPS) is 9.61. The second-order valence-corrected chi connectivity index (χ2v) is 8.41. The van der Waals surface area contributed by atoms with Crippen LogP contribution in [0.1, 0.15) is 11.1 Å². The molecule has 0 amide bonds. The minimum Gasteiger partial charge on any atom is -0.165 e. The molecule has 6 aromatic rings. The molecule has 0 N–H and O–H groups in total. The molecule has 0 bridgehead atoms. The second kappa shape index (κ2) is 15.0. The molecule has 0 aromatic heterocycles. The summed E-state index contributed by atoms with van der Waals surface area (Å²) in [7, 11) is 0. The average molecular weight is 690 g/mol. The van der Waals surface area contributed by atoms with Crippen LogP contribution in [0.4, 0.5) is 0 Å². The first-order chi connectivity index (χ1) is 15.7. The molecular formula is C32H28Cl2InZr. The predicted molar refractivity (Wildman–Crippen MR) is 160 cm³/mol. The maximum Gasteiger partial charge on any atom is 2.00 e. The maximum absolute atomic E-state index is 2.26. The van der Waals surface area contributed by atoms with Gasteiger partial charge in [-0.3, -0.25) is 0 Å². The van der Waals surface area contributed by atoms with Crippen molar-refractivity contribution in [2.24, 2.45) is 0 Å². The van der Waals surface area contributed by atoms with Gasteiger partial charge in [0.25, 0.3) is 0 Å². The summed E-state index contributed by atoms with van der Waals surface area (Å²) in [5.41, 5.74) is 7.89. The van der Waals surface area contributed by atoms with Gasteiger partial charge in [-0.15, -0.1) is 93.9 Å². The summed E-state index contributed by atoms with van der Waals surface area (Å²) in [5, 5.41) is 5.37. The molecule has 0 aliphatic heterocycles. The van der Waals surface area contributed by atoms with Gasteiger partial charge in [-0.1, -0.05) is 97.8 Å². The molecular weight excluding hydrogens is 661 g/mol. The minimum atomic E-state index is 0. The van der Waals surface area contributed by atoms with Crippen molar-refractivity contribution in [3.05, 3.63) is 132 Å². The largest absolute Gasteiger partial charge is 2.00 e. The molecule has 0 saturated heterocycles. The maximum atomic E-state index is 2.26. The van der Waals surface area contributed by atoms with Crippen LogP contribution in [0.15, 0.2) is 121 Å². The quantitative estimate of drug-likeness (QED) is 0.159. The van der Waals surface area contributed by atoms with Gasteiger partial charge in [0.1, 0.15) is 0 Å². The van der Waals surface area contributed by atoms with E-state index in [2.05, 4.69) is 135 Å². The SMILES string of the molecule is Cc1cc2c(-c3ccccc3)cccc2[cH-]1.Cc1cc2c(-c3ccccc3)cccc2[cH-]1.Cl.Cl.[In].[Zr+2]. The number of benzene rings is 4. The van der Waals surface area contributed by atoms with Crippen molar-refractivity contribution in [3.8, 4) is 22.3 Å². The molecule has 0 aliphatic rings. The molecule has 0 fully saturated rings. The molecule has 6 rings (SSSR count). The summed E-state index contributed by atoms with van der Waals surface area (Å²) in [6.45, 7) is 4.30. The Balaban J connectivity index is 0.000000324. The molecule has 0 heterocycles. The van der Waals surface area contributed by atoms with Crippen molar-refractivity contribution in [2.75, 3.05) is 0 Å². The number of hydrogen-bond donors (Lipinski definition) is 0. The molecule has 0 aliphatic carbocycles. The van der Waals surface area contributed by atoms with Crippen LogP contribution >= 0.6 is 24.8 Å². The van der Waals surface area contributed by atoms with Gasteiger partial charge in [-0.05, 0) is 11.1 Å². The fourth-order valence-corrected chi connectivity index (χ4v) is 4.51. The molecule has 0 atom stereocenters. The zero-order chi connectivity index (χ0) is 21.9. The molecule has 177 valence electrons. The standard InChI is InChI=1S/2C16H13.2ClH.In.Zr/c2*1-12-10-14-8-5-9-15(16(14)11-12)13-6-3-2-4-7-13;;;;/h2*2-11H,1H3;2*1H;;/q2*-1;;;;+2. The van der Waals surface area contributed by atoms with Crippen LogP contribution in [0.3, 0.4) is 0 Å². The summed E-state index contributed by atoms with van der Waals surface area (Å²) in [6.07, 6.45) is 0. The molecule has 0 unspecified atom stereocenters. The van der Waals surface area contributed by atoms with Gasteiger partial charge >= 0.3 is 26.2 Å². The third-order valence-electron chi connectivity index (χ3n) is 5.96. The number of aryl methyl sites for hydroxylation is 2. The summed E-state index contributed by atoms with van der Waals surface area (Å²) < 4.78 is 0. The minimum absolute atomic E-state index is 0. The van der Waals surface area contributed by atoms with Crippen LogP contribution < -0.4 is 0 Å². The van der Waals surface area contributed by atoms with Gasteiger partial charge in [0.05, 0.1) is 0 Å². The predicted octanol–water partition coefficient (Wildman–Crippen LogP) is 9.53. The van der Waals surface area contributed by atoms with Crippen molar-refractivity contribution < 1.29 is 26.2 Å². The van der Waals surface area contributed by atoms with Crippen LogP contribution in [-0.4, -0.2) is 25.8 Å². The van der Waals surface area contributed by atoms with Gasteiger partial charge in [0.15, 0.2) is 0 Å². The van der Waals surface area contributed by atoms with Crippen molar-refractivity contribution in [3.63, 3.8) is 0 Å². The average Bonchev–Trinajstić information content (AvgIpc) is 3.41. The first-order valence-corrected chi connectivity index (χ1v) is 11.1. The zero-order valence-corrected chi connectivity index (χ0v) is 27.8. The van der Waals surface area contributed by atoms with E-state index in [0.29, 0.717) is 0 Å². The summed E-state index contributed by atoms with van der Waals surface area (Å²) in [4.78, 5) is 0. The van der Waals surface area contributed by atoms with Gasteiger partial charge in [-0.2, -0.15) is 12.1 Å². The van der Waals surface area contributed by atoms with Crippen LogP contribution in [-0.2, 0) is 26.2 Å².